The first kappa shape index (κ1) is 18.8. The van der Waals surface area contributed by atoms with Gasteiger partial charge in [0.05, 0.1) is 12.7 Å². The molecule has 0 aromatic heterocycles. The van der Waals surface area contributed by atoms with E-state index < -0.39 is 22.7 Å². The summed E-state index contributed by atoms with van der Waals surface area (Å²) in [6, 6.07) is 0. The van der Waals surface area contributed by atoms with E-state index in [0.717, 1.165) is 6.42 Å². The topological polar surface area (TPSA) is 93.1 Å². The summed E-state index contributed by atoms with van der Waals surface area (Å²) in [5.74, 6) is -2.87. The Morgan fingerprint density at radius 3 is 2.64 bits per heavy atom. The number of ketones is 1. The van der Waals surface area contributed by atoms with Gasteiger partial charge in [-0.1, -0.05) is 20.4 Å². The van der Waals surface area contributed by atoms with Crippen molar-refractivity contribution in [1.82, 2.24) is 0 Å². The number of Topliss-reactive ketones (excluding diaryl/α,β-unsaturated/α-hetero) is 1. The molecule has 0 aromatic rings. The zero-order valence-corrected chi connectivity index (χ0v) is 16.9. The van der Waals surface area contributed by atoms with Crippen molar-refractivity contribution in [1.29, 1.82) is 0 Å². The average molecular weight is 390 g/mol. The molecular weight excluding hydrogens is 360 g/mol. The molecule has 28 heavy (non-hydrogen) atoms. The van der Waals surface area contributed by atoms with Crippen LogP contribution in [0.1, 0.15) is 52.9 Å². The summed E-state index contributed by atoms with van der Waals surface area (Å²) in [6.07, 6.45) is 1.83. The minimum Gasteiger partial charge on any atom is -0.462 e. The Balaban J connectivity index is 1.74. The summed E-state index contributed by atoms with van der Waals surface area (Å²) in [7, 11) is 0. The van der Waals surface area contributed by atoms with Crippen LogP contribution < -0.4 is 0 Å². The number of aliphatic hydroxyl groups excluding tert-OH is 1. The van der Waals surface area contributed by atoms with Crippen LogP contribution in [0, 0.1) is 34.0 Å². The molecule has 0 aromatic carbocycles. The fourth-order valence-corrected chi connectivity index (χ4v) is 8.08. The number of hydrogen-bond donors (Lipinski definition) is 2. The van der Waals surface area contributed by atoms with Gasteiger partial charge in [-0.15, -0.1) is 0 Å². The van der Waals surface area contributed by atoms with E-state index in [2.05, 4.69) is 20.4 Å². The largest absolute Gasteiger partial charge is 0.462 e. The smallest absolute Gasteiger partial charge is 0.302 e. The Bertz CT molecular complexity index is 788. The van der Waals surface area contributed by atoms with Gasteiger partial charge in [-0.05, 0) is 48.5 Å². The minimum atomic E-state index is -1.70. The maximum atomic E-state index is 13.5. The van der Waals surface area contributed by atoms with Gasteiger partial charge in [0.1, 0.15) is 11.5 Å². The van der Waals surface area contributed by atoms with Crippen LogP contribution in [0.25, 0.3) is 0 Å². The van der Waals surface area contributed by atoms with Crippen LogP contribution in [-0.2, 0) is 19.1 Å². The van der Waals surface area contributed by atoms with Gasteiger partial charge in [0.2, 0.25) is 0 Å². The molecule has 2 N–H and O–H groups in total. The lowest BCUT2D eigenvalue weighted by Gasteiger charge is -2.73. The van der Waals surface area contributed by atoms with E-state index in [4.69, 9.17) is 9.47 Å². The minimum absolute atomic E-state index is 0.0397. The Kier molecular flexibility index (Phi) is 3.53. The van der Waals surface area contributed by atoms with Gasteiger partial charge >= 0.3 is 5.97 Å². The first-order valence-corrected chi connectivity index (χ1v) is 10.5. The summed E-state index contributed by atoms with van der Waals surface area (Å²) >= 11 is 0. The first-order valence-electron chi connectivity index (χ1n) is 10.5. The summed E-state index contributed by atoms with van der Waals surface area (Å²) in [4.78, 5) is 25.4. The maximum absolute atomic E-state index is 13.5. The molecule has 2 saturated heterocycles. The fraction of sp³-hybridized carbons (Fsp3) is 0.818. The Hall–Kier alpha value is -1.24. The van der Waals surface area contributed by atoms with Gasteiger partial charge in [-0.2, -0.15) is 0 Å². The van der Waals surface area contributed by atoms with Gasteiger partial charge in [0.15, 0.2) is 11.6 Å². The SMILES string of the molecule is C=C1C(=O)[C@@]23[C@H](O)[C@H]1CC[C@H]2[C@@]12CO[C@]3(O)C[C@@H]1C(C)(C)CC[C@@H]2OC(C)=O. The number of carbonyl (C=O) groups excluding carboxylic acids is 2. The van der Waals surface area contributed by atoms with E-state index in [1.165, 1.54) is 6.92 Å². The highest BCUT2D eigenvalue weighted by Gasteiger charge is 2.84. The second-order valence-electron chi connectivity index (χ2n) is 10.5. The molecule has 8 atom stereocenters. The molecule has 0 unspecified atom stereocenters. The third-order valence-electron chi connectivity index (χ3n) is 9.17. The van der Waals surface area contributed by atoms with E-state index >= 15 is 0 Å². The average Bonchev–Trinajstić information content (AvgIpc) is 2.73. The number of carbonyl (C=O) groups is 2. The van der Waals surface area contributed by atoms with E-state index in [9.17, 15) is 19.8 Å². The molecule has 6 rings (SSSR count). The standard InChI is InChI=1S/C22H30O6/c1-11-13-5-6-14-20-10-27-21(26,22(14,17(11)24)18(13)25)9-15(20)19(3,4)8-7-16(20)28-12(2)23/h13-16,18,25-26H,1,5-10H2,2-4H3/t13-,14-,15+,16-,18+,20-,21+,22+/m0/s1. The normalized spacial score (nSPS) is 53.5. The first-order chi connectivity index (χ1) is 13.0. The molecule has 0 radical (unpaired) electrons. The van der Waals surface area contributed by atoms with Crippen LogP contribution in [-0.4, -0.2) is 46.6 Å². The van der Waals surface area contributed by atoms with Crippen molar-refractivity contribution in [2.24, 2.45) is 34.0 Å². The molecule has 6 nitrogen and oxygen atoms in total. The van der Waals surface area contributed by atoms with Crippen LogP contribution in [0.3, 0.4) is 0 Å². The van der Waals surface area contributed by atoms with Crippen molar-refractivity contribution < 1.29 is 29.3 Å². The van der Waals surface area contributed by atoms with Crippen molar-refractivity contribution in [3.8, 4) is 0 Å². The molecule has 6 fully saturated rings. The molecule has 2 spiro atoms. The predicted molar refractivity (Wildman–Crippen MR) is 98.8 cm³/mol. The van der Waals surface area contributed by atoms with Crippen molar-refractivity contribution >= 4 is 11.8 Å². The Morgan fingerprint density at radius 2 is 1.96 bits per heavy atom. The summed E-state index contributed by atoms with van der Waals surface area (Å²) in [5, 5.41) is 23.0. The number of aliphatic hydroxyl groups is 2. The van der Waals surface area contributed by atoms with Crippen molar-refractivity contribution in [3.63, 3.8) is 0 Å². The second kappa shape index (κ2) is 5.27. The van der Waals surface area contributed by atoms with Gasteiger partial charge in [-0.25, -0.2) is 0 Å². The zero-order valence-electron chi connectivity index (χ0n) is 16.9. The number of esters is 1. The zero-order chi connectivity index (χ0) is 20.3. The fourth-order valence-electron chi connectivity index (χ4n) is 8.08. The van der Waals surface area contributed by atoms with E-state index in [1.54, 1.807) is 0 Å². The third-order valence-corrected chi connectivity index (χ3v) is 9.17. The van der Waals surface area contributed by atoms with Crippen molar-refractivity contribution in [2.45, 2.75) is 70.9 Å². The Labute approximate surface area is 165 Å². The van der Waals surface area contributed by atoms with E-state index in [-0.39, 0.29) is 54.1 Å². The monoisotopic (exact) mass is 390 g/mol. The van der Waals surface area contributed by atoms with E-state index in [1.807, 2.05) is 0 Å². The lowest BCUT2D eigenvalue weighted by Crippen LogP contribution is -2.80. The van der Waals surface area contributed by atoms with Crippen molar-refractivity contribution in [3.05, 3.63) is 12.2 Å². The van der Waals surface area contributed by atoms with Gasteiger partial charge in [-0.3, -0.25) is 9.59 Å². The van der Waals surface area contributed by atoms with Crippen LogP contribution >= 0.6 is 0 Å². The number of ether oxygens (including phenoxy) is 2. The second-order valence-corrected chi connectivity index (χ2v) is 10.5. The van der Waals surface area contributed by atoms with E-state index in [0.29, 0.717) is 24.8 Å². The van der Waals surface area contributed by atoms with Crippen LogP contribution in [0.5, 0.6) is 0 Å². The Morgan fingerprint density at radius 1 is 1.25 bits per heavy atom. The summed E-state index contributed by atoms with van der Waals surface area (Å²) in [6.45, 7) is 10.0. The number of rotatable bonds is 1. The highest BCUT2D eigenvalue weighted by Crippen LogP contribution is 2.76. The van der Waals surface area contributed by atoms with Crippen molar-refractivity contribution in [2.75, 3.05) is 6.61 Å². The highest BCUT2D eigenvalue weighted by molar-refractivity contribution is 6.05. The highest BCUT2D eigenvalue weighted by atomic mass is 16.6. The molecule has 4 bridgehead atoms. The van der Waals surface area contributed by atoms with Crippen LogP contribution in [0.2, 0.25) is 0 Å². The maximum Gasteiger partial charge on any atom is 0.302 e. The predicted octanol–water partition coefficient (Wildman–Crippen LogP) is 1.98. The molecule has 4 saturated carbocycles. The number of fused-ring (bicyclic) bond motifs is 2. The molecule has 2 aliphatic heterocycles. The third kappa shape index (κ3) is 1.77. The molecule has 154 valence electrons. The van der Waals surface area contributed by atoms with Gasteiger partial charge in [0.25, 0.3) is 0 Å². The molecule has 2 heterocycles. The summed E-state index contributed by atoms with van der Waals surface area (Å²) < 4.78 is 11.9. The molecule has 6 aliphatic rings. The molecule has 0 amide bonds. The van der Waals surface area contributed by atoms with Gasteiger partial charge < -0.3 is 19.7 Å². The lowest BCUT2D eigenvalue weighted by molar-refractivity contribution is -0.426. The van der Waals surface area contributed by atoms with Gasteiger partial charge in [0, 0.05) is 24.7 Å². The molecule has 4 aliphatic carbocycles. The summed E-state index contributed by atoms with van der Waals surface area (Å²) in [5.41, 5.74) is -1.65. The lowest BCUT2D eigenvalue weighted by atomic mass is 9.36. The molecular formula is C22H30O6. The number of hydrogen-bond acceptors (Lipinski definition) is 6. The molecule has 6 heteroatoms. The quantitative estimate of drug-likeness (QED) is 0.525. The van der Waals surface area contributed by atoms with Crippen LogP contribution in [0.4, 0.5) is 0 Å². The van der Waals surface area contributed by atoms with Crippen LogP contribution in [0.15, 0.2) is 12.2 Å².